The van der Waals surface area contributed by atoms with Crippen LogP contribution in [0.25, 0.3) is 0 Å². The van der Waals surface area contributed by atoms with E-state index in [1.165, 1.54) is 0 Å². The topological polar surface area (TPSA) is 89.0 Å². The van der Waals surface area contributed by atoms with Gasteiger partial charge >= 0.3 is 0 Å². The molecule has 3 atom stereocenters. The van der Waals surface area contributed by atoms with Crippen molar-refractivity contribution < 1.29 is 9.53 Å². The van der Waals surface area contributed by atoms with Crippen molar-refractivity contribution in [3.63, 3.8) is 0 Å². The van der Waals surface area contributed by atoms with Crippen molar-refractivity contribution in [2.75, 3.05) is 18.5 Å². The number of hydrogen-bond acceptors (Lipinski definition) is 6. The summed E-state index contributed by atoms with van der Waals surface area (Å²) in [6.45, 7) is 3.46. The molecule has 1 aliphatic rings. The molecule has 0 aromatic carbocycles. The zero-order chi connectivity index (χ0) is 20.3. The lowest BCUT2D eigenvalue weighted by Crippen LogP contribution is -2.45. The number of aromatic nitrogens is 3. The molecule has 2 heterocycles. The van der Waals surface area contributed by atoms with Gasteiger partial charge in [-0.15, -0.1) is 0 Å². The molecular weight excluding hydrogens is 366 g/mol. The average molecular weight is 398 g/mol. The Morgan fingerprint density at radius 1 is 1.14 bits per heavy atom. The molecule has 29 heavy (non-hydrogen) atoms. The van der Waals surface area contributed by atoms with E-state index in [9.17, 15) is 4.79 Å². The van der Waals surface area contributed by atoms with Crippen molar-refractivity contribution >= 4 is 11.9 Å². The minimum atomic E-state index is -0.0169. The Bertz CT molecular complexity index is 728. The van der Waals surface area contributed by atoms with Gasteiger partial charge < -0.3 is 15.4 Å². The fourth-order valence-electron chi connectivity index (χ4n) is 3.70. The average Bonchev–Trinajstić information content (AvgIpc) is 2.77. The summed E-state index contributed by atoms with van der Waals surface area (Å²) in [6, 6.07) is 7.84. The lowest BCUT2D eigenvalue weighted by molar-refractivity contribution is -0.128. The highest BCUT2D eigenvalue weighted by atomic mass is 16.5. The van der Waals surface area contributed by atoms with Crippen LogP contribution < -0.4 is 10.6 Å². The lowest BCUT2D eigenvalue weighted by atomic mass is 9.83. The van der Waals surface area contributed by atoms with E-state index in [0.717, 1.165) is 44.2 Å². The second kappa shape index (κ2) is 11.5. The molecule has 3 rings (SSSR count). The van der Waals surface area contributed by atoms with Crippen molar-refractivity contribution in [1.82, 2.24) is 20.3 Å². The summed E-state index contributed by atoms with van der Waals surface area (Å²) in [6.07, 6.45) is 10.4. The third-order valence-electron chi connectivity index (χ3n) is 5.21. The number of ether oxygens (including phenoxy) is 1. The zero-order valence-electron chi connectivity index (χ0n) is 17.1. The molecule has 0 saturated heterocycles. The van der Waals surface area contributed by atoms with Crippen molar-refractivity contribution in [2.45, 2.75) is 57.6 Å². The number of pyridine rings is 1. The quantitative estimate of drug-likeness (QED) is 0.599. The van der Waals surface area contributed by atoms with Crippen molar-refractivity contribution in [1.29, 1.82) is 0 Å². The fraction of sp³-hybridized carbons (Fsp3) is 0.545. The number of anilines is 1. The van der Waals surface area contributed by atoms with Crippen LogP contribution in [-0.2, 0) is 16.0 Å². The van der Waals surface area contributed by atoms with Gasteiger partial charge in [-0.3, -0.25) is 9.78 Å². The number of nitrogens with zero attached hydrogens (tertiary/aromatic N) is 3. The van der Waals surface area contributed by atoms with Gasteiger partial charge in [0.25, 0.3) is 0 Å². The summed E-state index contributed by atoms with van der Waals surface area (Å²) < 4.78 is 6.07. The number of carbonyl (C=O) groups excluding carboxylic acids is 1. The van der Waals surface area contributed by atoms with Gasteiger partial charge in [-0.25, -0.2) is 9.97 Å². The van der Waals surface area contributed by atoms with Gasteiger partial charge in [-0.1, -0.05) is 13.0 Å². The third kappa shape index (κ3) is 6.78. The maximum absolute atomic E-state index is 12.7. The third-order valence-corrected chi connectivity index (χ3v) is 5.21. The van der Waals surface area contributed by atoms with Crippen LogP contribution in [0.3, 0.4) is 0 Å². The number of nitrogens with one attached hydrogen (secondary N) is 2. The molecule has 2 N–H and O–H groups in total. The molecule has 7 heteroatoms. The molecule has 0 spiro atoms. The Morgan fingerprint density at radius 3 is 2.72 bits per heavy atom. The highest BCUT2D eigenvalue weighted by molar-refractivity contribution is 5.78. The normalized spacial score (nSPS) is 21.5. The number of hydrogen-bond donors (Lipinski definition) is 2. The molecule has 1 aliphatic carbocycles. The second-order valence-corrected chi connectivity index (χ2v) is 7.46. The van der Waals surface area contributed by atoms with Crippen molar-refractivity contribution in [3.05, 3.63) is 48.5 Å². The maximum Gasteiger partial charge on any atom is 0.223 e. The van der Waals surface area contributed by atoms with Crippen LogP contribution in [0.1, 0.15) is 44.7 Å². The summed E-state index contributed by atoms with van der Waals surface area (Å²) in [7, 11) is 0. The Morgan fingerprint density at radius 2 is 1.97 bits per heavy atom. The van der Waals surface area contributed by atoms with E-state index < -0.39 is 0 Å². The van der Waals surface area contributed by atoms with Crippen LogP contribution in [0.4, 0.5) is 5.95 Å². The van der Waals surface area contributed by atoms with Gasteiger partial charge in [0.2, 0.25) is 11.9 Å². The summed E-state index contributed by atoms with van der Waals surface area (Å²) in [5, 5.41) is 6.48. The van der Waals surface area contributed by atoms with Crippen LogP contribution in [0.5, 0.6) is 0 Å². The van der Waals surface area contributed by atoms with E-state index in [-0.39, 0.29) is 24.0 Å². The number of amides is 1. The van der Waals surface area contributed by atoms with Gasteiger partial charge in [-0.05, 0) is 56.7 Å². The summed E-state index contributed by atoms with van der Waals surface area (Å²) >= 11 is 0. The Hall–Kier alpha value is -2.54. The standard InChI is InChI=1S/C22H31N5O2/c1-2-15-29-20-16-17(9-10-19(20)27-22-25-13-6-14-26-22)21(28)24-12-5-8-18-7-3-4-11-23-18/h3-4,6-7,11,13-14,17,19-20H,2,5,8-10,12,15-16H2,1H3,(H,24,28)(H,25,26,27)/t17-,19-,20-/m0/s1. The van der Waals surface area contributed by atoms with E-state index in [4.69, 9.17) is 4.74 Å². The molecule has 1 saturated carbocycles. The SMILES string of the molecule is CCCO[C@H]1C[C@@H](C(=O)NCCCc2ccccn2)CC[C@@H]1Nc1ncccn1. The Balaban J connectivity index is 1.46. The first-order valence-corrected chi connectivity index (χ1v) is 10.6. The van der Waals surface area contributed by atoms with Crippen LogP contribution in [0.15, 0.2) is 42.9 Å². The van der Waals surface area contributed by atoms with Gasteiger partial charge in [0.15, 0.2) is 0 Å². The number of aryl methyl sites for hydroxylation is 1. The highest BCUT2D eigenvalue weighted by Gasteiger charge is 2.34. The fourth-order valence-corrected chi connectivity index (χ4v) is 3.70. The molecule has 0 unspecified atom stereocenters. The molecule has 2 aromatic rings. The molecular formula is C22H31N5O2. The summed E-state index contributed by atoms with van der Waals surface area (Å²) in [5.74, 6) is 0.729. The van der Waals surface area contributed by atoms with E-state index >= 15 is 0 Å². The zero-order valence-corrected chi connectivity index (χ0v) is 17.1. The van der Waals surface area contributed by atoms with Crippen molar-refractivity contribution in [3.8, 4) is 0 Å². The molecule has 1 amide bonds. The molecule has 2 aromatic heterocycles. The molecule has 0 bridgehead atoms. The molecule has 1 fully saturated rings. The predicted molar refractivity (Wildman–Crippen MR) is 112 cm³/mol. The summed E-state index contributed by atoms with van der Waals surface area (Å²) in [5.41, 5.74) is 1.06. The van der Waals surface area contributed by atoms with Crippen LogP contribution in [0.2, 0.25) is 0 Å². The van der Waals surface area contributed by atoms with E-state index in [2.05, 4.69) is 32.5 Å². The molecule has 0 aliphatic heterocycles. The molecule has 7 nitrogen and oxygen atoms in total. The van der Waals surface area contributed by atoms with Crippen molar-refractivity contribution in [2.24, 2.45) is 5.92 Å². The van der Waals surface area contributed by atoms with Crippen LogP contribution in [-0.4, -0.2) is 46.2 Å². The number of carbonyl (C=O) groups is 1. The lowest BCUT2D eigenvalue weighted by Gasteiger charge is -2.35. The van der Waals surface area contributed by atoms with Crippen LogP contribution >= 0.6 is 0 Å². The number of rotatable bonds is 10. The van der Waals surface area contributed by atoms with Gasteiger partial charge in [0.05, 0.1) is 12.1 Å². The molecule has 156 valence electrons. The van der Waals surface area contributed by atoms with Crippen LogP contribution in [0, 0.1) is 5.92 Å². The Kier molecular flexibility index (Phi) is 8.37. The molecule has 0 radical (unpaired) electrons. The van der Waals surface area contributed by atoms with Gasteiger partial charge in [0, 0.05) is 43.4 Å². The van der Waals surface area contributed by atoms with E-state index in [1.54, 1.807) is 24.7 Å². The first-order valence-electron chi connectivity index (χ1n) is 10.6. The van der Waals surface area contributed by atoms with E-state index in [1.807, 2.05) is 18.2 Å². The monoisotopic (exact) mass is 397 g/mol. The predicted octanol–water partition coefficient (Wildman–Crippen LogP) is 3.00. The largest absolute Gasteiger partial charge is 0.376 e. The van der Waals surface area contributed by atoms with Gasteiger partial charge in [-0.2, -0.15) is 0 Å². The summed E-state index contributed by atoms with van der Waals surface area (Å²) in [4.78, 5) is 25.5. The van der Waals surface area contributed by atoms with Gasteiger partial charge in [0.1, 0.15) is 0 Å². The second-order valence-electron chi connectivity index (χ2n) is 7.46. The smallest absolute Gasteiger partial charge is 0.223 e. The minimum Gasteiger partial charge on any atom is -0.376 e. The maximum atomic E-state index is 12.7. The highest BCUT2D eigenvalue weighted by Crippen LogP contribution is 2.29. The Labute approximate surface area is 172 Å². The first kappa shape index (κ1) is 21.2. The minimum absolute atomic E-state index is 0.0125. The first-order chi connectivity index (χ1) is 14.3. The van der Waals surface area contributed by atoms with E-state index in [0.29, 0.717) is 19.1 Å².